The lowest BCUT2D eigenvalue weighted by Gasteiger charge is -1.47. The molecule has 44 valence electrons. The number of hydrogen-bond acceptors (Lipinski definition) is 0. The molecule has 0 aromatic heterocycles. The molecular formula is C2H11Cl3Si. The normalized spacial score (nSPS) is 3.50. The molecule has 0 atom stereocenters. The maximum atomic E-state index is 2.19. The van der Waals surface area contributed by atoms with Crippen LogP contribution in [0.4, 0.5) is 0 Å². The molecule has 0 aromatic rings. The second-order valence-corrected chi connectivity index (χ2v) is 2.12. The predicted octanol–water partition coefficient (Wildman–Crippen LogP) is 1.06. The van der Waals surface area contributed by atoms with Crippen LogP contribution in [0, 0.1) is 0 Å². The van der Waals surface area contributed by atoms with Gasteiger partial charge in [0.25, 0.3) is 0 Å². The van der Waals surface area contributed by atoms with Gasteiger partial charge in [0.2, 0.25) is 0 Å². The molecule has 0 nitrogen and oxygen atoms in total. The minimum Gasteiger partial charge on any atom is -0.147 e. The molecule has 0 radical (unpaired) electrons. The van der Waals surface area contributed by atoms with E-state index in [1.54, 1.807) is 0 Å². The van der Waals surface area contributed by atoms with Crippen molar-refractivity contribution in [2.45, 2.75) is 13.0 Å². The largest absolute Gasteiger partial charge is 0.147 e. The Morgan fingerprint density at radius 2 is 1.17 bits per heavy atom. The summed E-state index contributed by atoms with van der Waals surface area (Å²) in [6, 6.07) is 1.39. The summed E-state index contributed by atoms with van der Waals surface area (Å²) < 4.78 is 0. The SMILES string of the molecule is CC[SiH3].Cl.Cl.Cl. The molecule has 4 heteroatoms. The molecule has 0 bridgehead atoms. The van der Waals surface area contributed by atoms with Crippen LogP contribution in [0.2, 0.25) is 6.04 Å². The van der Waals surface area contributed by atoms with E-state index in [-0.39, 0.29) is 37.2 Å². The summed E-state index contributed by atoms with van der Waals surface area (Å²) >= 11 is 0. The Morgan fingerprint density at radius 3 is 1.17 bits per heavy atom. The van der Waals surface area contributed by atoms with E-state index in [2.05, 4.69) is 6.92 Å². The van der Waals surface area contributed by atoms with E-state index in [1.807, 2.05) is 0 Å². The molecule has 0 amide bonds. The fourth-order valence-corrected chi connectivity index (χ4v) is 0. The van der Waals surface area contributed by atoms with Crippen LogP contribution in [-0.4, -0.2) is 10.2 Å². The zero-order valence-corrected chi connectivity index (χ0v) is 8.38. The van der Waals surface area contributed by atoms with Crippen LogP contribution in [0.5, 0.6) is 0 Å². The van der Waals surface area contributed by atoms with Gasteiger partial charge < -0.3 is 0 Å². The summed E-state index contributed by atoms with van der Waals surface area (Å²) in [5.74, 6) is 0. The Balaban J connectivity index is -0.00000000667. The van der Waals surface area contributed by atoms with E-state index in [4.69, 9.17) is 0 Å². The zero-order valence-electron chi connectivity index (χ0n) is 3.93. The maximum Gasteiger partial charge on any atom is 0.00244 e. The van der Waals surface area contributed by atoms with Gasteiger partial charge in [-0.05, 0) is 0 Å². The first-order valence-electron chi connectivity index (χ1n) is 1.41. The summed E-state index contributed by atoms with van der Waals surface area (Å²) in [4.78, 5) is 0. The molecule has 0 unspecified atom stereocenters. The highest BCUT2D eigenvalue weighted by Crippen LogP contribution is 1.49. The summed E-state index contributed by atoms with van der Waals surface area (Å²) in [7, 11) is 1.37. The Kier molecular flexibility index (Phi) is 166. The van der Waals surface area contributed by atoms with Crippen LogP contribution in [0.1, 0.15) is 6.92 Å². The van der Waals surface area contributed by atoms with Gasteiger partial charge in [-0.15, -0.1) is 37.2 Å². The molecule has 0 aliphatic heterocycles. The van der Waals surface area contributed by atoms with E-state index in [0.717, 1.165) is 0 Å². The molecule has 0 fully saturated rings. The second-order valence-electron chi connectivity index (χ2n) is 0.707. The molecule has 0 N–H and O–H groups in total. The van der Waals surface area contributed by atoms with Crippen LogP contribution in [0.25, 0.3) is 0 Å². The monoisotopic (exact) mass is 168 g/mol. The van der Waals surface area contributed by atoms with Crippen molar-refractivity contribution >= 4 is 47.5 Å². The fraction of sp³-hybridized carbons (Fsp3) is 1.00. The Bertz CT molecular complexity index is 8.75. The minimum absolute atomic E-state index is 0. The van der Waals surface area contributed by atoms with Crippen LogP contribution in [0.15, 0.2) is 0 Å². The highest BCUT2D eigenvalue weighted by molar-refractivity contribution is 6.08. The molecular weight excluding hydrogens is 158 g/mol. The van der Waals surface area contributed by atoms with E-state index < -0.39 is 0 Å². The summed E-state index contributed by atoms with van der Waals surface area (Å²) in [6.07, 6.45) is 0. The van der Waals surface area contributed by atoms with Crippen molar-refractivity contribution in [1.82, 2.24) is 0 Å². The van der Waals surface area contributed by atoms with E-state index >= 15 is 0 Å². The highest BCUT2D eigenvalue weighted by Gasteiger charge is 1.36. The minimum atomic E-state index is 0. The zero-order chi connectivity index (χ0) is 2.71. The van der Waals surface area contributed by atoms with Crippen molar-refractivity contribution in [2.75, 3.05) is 0 Å². The molecule has 0 heterocycles. The third-order valence-electron chi connectivity index (χ3n) is 0. The van der Waals surface area contributed by atoms with Gasteiger partial charge in [-0.2, -0.15) is 0 Å². The molecule has 0 rings (SSSR count). The van der Waals surface area contributed by atoms with Crippen molar-refractivity contribution in [1.29, 1.82) is 0 Å². The number of rotatable bonds is 0. The lowest BCUT2D eigenvalue weighted by atomic mass is 11.0. The first-order chi connectivity index (χ1) is 1.41. The van der Waals surface area contributed by atoms with Crippen LogP contribution < -0.4 is 0 Å². The van der Waals surface area contributed by atoms with Crippen molar-refractivity contribution in [2.24, 2.45) is 0 Å². The highest BCUT2D eigenvalue weighted by atomic mass is 35.5. The molecule has 0 aromatic carbocycles. The van der Waals surface area contributed by atoms with Crippen LogP contribution in [0.3, 0.4) is 0 Å². The number of hydrogen-bond donors (Lipinski definition) is 0. The first-order valence-corrected chi connectivity index (χ1v) is 2.83. The van der Waals surface area contributed by atoms with E-state index in [1.165, 1.54) is 16.3 Å². The van der Waals surface area contributed by atoms with Crippen LogP contribution in [-0.2, 0) is 0 Å². The maximum absolute atomic E-state index is 2.19. The number of halogens is 3. The van der Waals surface area contributed by atoms with Crippen molar-refractivity contribution in [3.63, 3.8) is 0 Å². The molecule has 0 spiro atoms. The van der Waals surface area contributed by atoms with Gasteiger partial charge >= 0.3 is 0 Å². The van der Waals surface area contributed by atoms with Gasteiger partial charge in [-0.1, -0.05) is 13.0 Å². The molecule has 6 heavy (non-hydrogen) atoms. The van der Waals surface area contributed by atoms with Crippen molar-refractivity contribution in [3.05, 3.63) is 0 Å². The van der Waals surface area contributed by atoms with Gasteiger partial charge in [0, 0.05) is 10.2 Å². The quantitative estimate of drug-likeness (QED) is 0.476. The molecule has 0 saturated heterocycles. The smallest absolute Gasteiger partial charge is 0.00244 e. The van der Waals surface area contributed by atoms with Crippen molar-refractivity contribution < 1.29 is 0 Å². The van der Waals surface area contributed by atoms with Crippen molar-refractivity contribution in [3.8, 4) is 0 Å². The van der Waals surface area contributed by atoms with E-state index in [9.17, 15) is 0 Å². The Morgan fingerprint density at radius 1 is 1.17 bits per heavy atom. The van der Waals surface area contributed by atoms with Gasteiger partial charge in [0.05, 0.1) is 0 Å². The van der Waals surface area contributed by atoms with E-state index in [0.29, 0.717) is 0 Å². The third kappa shape index (κ3) is 71.9. The third-order valence-corrected chi connectivity index (χ3v) is 0. The summed E-state index contributed by atoms with van der Waals surface area (Å²) in [5, 5.41) is 0. The lowest BCUT2D eigenvalue weighted by Crippen LogP contribution is -1.41. The molecule has 0 aliphatic rings. The fourth-order valence-electron chi connectivity index (χ4n) is 0. The topological polar surface area (TPSA) is 0 Å². The predicted molar refractivity (Wildman–Crippen MR) is 42.2 cm³/mol. The molecule has 0 saturated carbocycles. The second kappa shape index (κ2) is 36.2. The van der Waals surface area contributed by atoms with Crippen LogP contribution >= 0.6 is 37.2 Å². The lowest BCUT2D eigenvalue weighted by molar-refractivity contribution is 1.48. The standard InChI is InChI=1S/C2H8Si.3ClH/c1-2-3;;;/h2H2,1,3H3;3*1H. The summed E-state index contributed by atoms with van der Waals surface area (Å²) in [6.45, 7) is 2.19. The average molecular weight is 170 g/mol. The van der Waals surface area contributed by atoms with Gasteiger partial charge in [0.1, 0.15) is 0 Å². The van der Waals surface area contributed by atoms with Gasteiger partial charge in [-0.25, -0.2) is 0 Å². The Hall–Kier alpha value is 1.09. The van der Waals surface area contributed by atoms with Gasteiger partial charge in [0.15, 0.2) is 0 Å². The first kappa shape index (κ1) is 27.6. The Labute approximate surface area is 60.7 Å². The average Bonchev–Trinajstić information content (AvgIpc) is 0.918. The molecule has 0 aliphatic carbocycles. The van der Waals surface area contributed by atoms with Gasteiger partial charge in [-0.3, -0.25) is 0 Å². The summed E-state index contributed by atoms with van der Waals surface area (Å²) in [5.41, 5.74) is 0.